The number of fused-ring (bicyclic) bond motifs is 1. The van der Waals surface area contributed by atoms with E-state index in [1.54, 1.807) is 0 Å². The Balaban J connectivity index is 1.59. The summed E-state index contributed by atoms with van der Waals surface area (Å²) in [6.07, 6.45) is 4.64. The molecule has 6 heteroatoms. The summed E-state index contributed by atoms with van der Waals surface area (Å²) in [5.41, 5.74) is 10.8. The highest BCUT2D eigenvalue weighted by Gasteiger charge is 2.24. The van der Waals surface area contributed by atoms with Crippen LogP contribution in [-0.4, -0.2) is 20.6 Å². The highest BCUT2D eigenvalue weighted by Crippen LogP contribution is 2.34. The monoisotopic (exact) mass is 369 g/mol. The van der Waals surface area contributed by atoms with E-state index in [0.29, 0.717) is 6.54 Å². The van der Waals surface area contributed by atoms with Crippen LogP contribution in [0.3, 0.4) is 0 Å². The number of benzene rings is 1. The number of rotatable bonds is 7. The number of nitrogens with one attached hydrogen (secondary N) is 1. The lowest BCUT2D eigenvalue weighted by Crippen LogP contribution is -2.23. The number of hydrogen-bond donors (Lipinski definition) is 2. The van der Waals surface area contributed by atoms with Gasteiger partial charge in [0.05, 0.1) is 0 Å². The van der Waals surface area contributed by atoms with E-state index in [-0.39, 0.29) is 11.3 Å². The predicted molar refractivity (Wildman–Crippen MR) is 106 cm³/mol. The van der Waals surface area contributed by atoms with Crippen LogP contribution in [0.2, 0.25) is 5.28 Å². The van der Waals surface area contributed by atoms with Crippen LogP contribution in [0.25, 0.3) is 5.52 Å². The topological polar surface area (TPSA) is 68.2 Å². The fraction of sp³-hybridized carbons (Fsp3) is 0.400. The number of anilines is 1. The van der Waals surface area contributed by atoms with Crippen LogP contribution in [0.1, 0.15) is 36.1 Å². The van der Waals surface area contributed by atoms with Gasteiger partial charge in [0.15, 0.2) is 5.82 Å². The van der Waals surface area contributed by atoms with Crippen molar-refractivity contribution < 1.29 is 0 Å². The van der Waals surface area contributed by atoms with Gasteiger partial charge in [-0.1, -0.05) is 43.2 Å². The Kier molecular flexibility index (Phi) is 4.83. The first-order chi connectivity index (χ1) is 12.6. The lowest BCUT2D eigenvalue weighted by atomic mass is 10.0. The molecule has 0 saturated heterocycles. The van der Waals surface area contributed by atoms with Gasteiger partial charge in [-0.05, 0) is 54.5 Å². The van der Waals surface area contributed by atoms with Gasteiger partial charge >= 0.3 is 0 Å². The third-order valence-corrected chi connectivity index (χ3v) is 5.23. The number of nitrogens with zero attached hydrogens (tertiary/aromatic N) is 3. The van der Waals surface area contributed by atoms with Crippen LogP contribution >= 0.6 is 11.6 Å². The Morgan fingerprint density at radius 1 is 1.31 bits per heavy atom. The van der Waals surface area contributed by atoms with Crippen molar-refractivity contribution in [2.75, 3.05) is 5.32 Å². The van der Waals surface area contributed by atoms with Crippen molar-refractivity contribution in [1.82, 2.24) is 14.6 Å². The quantitative estimate of drug-likeness (QED) is 0.661. The van der Waals surface area contributed by atoms with Crippen LogP contribution in [0, 0.1) is 12.8 Å². The van der Waals surface area contributed by atoms with E-state index in [1.165, 1.54) is 24.0 Å². The maximum Gasteiger partial charge on any atom is 0.243 e. The van der Waals surface area contributed by atoms with Crippen LogP contribution in [-0.2, 0) is 13.0 Å². The molecule has 1 aromatic carbocycles. The lowest BCUT2D eigenvalue weighted by Gasteiger charge is -2.10. The largest absolute Gasteiger partial charge is 0.364 e. The van der Waals surface area contributed by atoms with Crippen molar-refractivity contribution in [3.05, 3.63) is 58.5 Å². The van der Waals surface area contributed by atoms with E-state index in [2.05, 4.69) is 40.5 Å². The number of hydrogen-bond acceptors (Lipinski definition) is 4. The van der Waals surface area contributed by atoms with Gasteiger partial charge in [-0.15, -0.1) is 5.10 Å². The fourth-order valence-electron chi connectivity index (χ4n) is 3.47. The van der Waals surface area contributed by atoms with Crippen molar-refractivity contribution in [3.8, 4) is 0 Å². The Morgan fingerprint density at radius 3 is 2.81 bits per heavy atom. The zero-order valence-electron chi connectivity index (χ0n) is 15.0. The smallest absolute Gasteiger partial charge is 0.243 e. The van der Waals surface area contributed by atoms with Crippen LogP contribution in [0.4, 0.5) is 5.82 Å². The highest BCUT2D eigenvalue weighted by molar-refractivity contribution is 6.28. The molecule has 5 nitrogen and oxygen atoms in total. The molecule has 0 bridgehead atoms. The van der Waals surface area contributed by atoms with Gasteiger partial charge in [-0.25, -0.2) is 4.52 Å². The van der Waals surface area contributed by atoms with Crippen molar-refractivity contribution in [2.24, 2.45) is 11.7 Å². The molecular weight excluding hydrogens is 346 g/mol. The molecule has 0 radical (unpaired) electrons. The Hall–Kier alpha value is -2.11. The summed E-state index contributed by atoms with van der Waals surface area (Å²) >= 11 is 6.16. The third-order valence-electron chi connectivity index (χ3n) is 5.07. The zero-order valence-corrected chi connectivity index (χ0v) is 15.7. The molecule has 26 heavy (non-hydrogen) atoms. The van der Waals surface area contributed by atoms with Gasteiger partial charge in [0.1, 0.15) is 5.52 Å². The van der Waals surface area contributed by atoms with Gasteiger partial charge in [-0.3, -0.25) is 0 Å². The minimum Gasteiger partial charge on any atom is -0.364 e. The SMILES string of the molecule is Cc1c(CC(N)CC2CC2)cc2c(NCc3ccccc3)nc(Cl)nn12. The van der Waals surface area contributed by atoms with E-state index in [4.69, 9.17) is 17.3 Å². The summed E-state index contributed by atoms with van der Waals surface area (Å²) in [6.45, 7) is 2.75. The molecule has 3 N–H and O–H groups in total. The first-order valence-electron chi connectivity index (χ1n) is 9.18. The summed E-state index contributed by atoms with van der Waals surface area (Å²) < 4.78 is 1.88. The van der Waals surface area contributed by atoms with E-state index in [1.807, 2.05) is 22.7 Å². The molecule has 2 heterocycles. The Morgan fingerprint density at radius 2 is 2.08 bits per heavy atom. The van der Waals surface area contributed by atoms with Gasteiger partial charge in [-0.2, -0.15) is 4.98 Å². The molecule has 1 unspecified atom stereocenters. The molecule has 136 valence electrons. The molecule has 3 aromatic rings. The van der Waals surface area contributed by atoms with E-state index in [9.17, 15) is 0 Å². The lowest BCUT2D eigenvalue weighted by molar-refractivity contribution is 0.565. The molecule has 1 aliphatic carbocycles. The summed E-state index contributed by atoms with van der Waals surface area (Å²) in [5, 5.41) is 8.01. The predicted octanol–water partition coefficient (Wildman–Crippen LogP) is 3.97. The summed E-state index contributed by atoms with van der Waals surface area (Å²) in [4.78, 5) is 4.40. The average molecular weight is 370 g/mol. The molecule has 0 spiro atoms. The van der Waals surface area contributed by atoms with E-state index < -0.39 is 0 Å². The maximum absolute atomic E-state index is 6.35. The van der Waals surface area contributed by atoms with Gasteiger partial charge in [0.2, 0.25) is 5.28 Å². The van der Waals surface area contributed by atoms with Gasteiger partial charge in [0, 0.05) is 18.3 Å². The number of aryl methyl sites for hydroxylation is 1. The molecule has 1 aliphatic rings. The van der Waals surface area contributed by atoms with Crippen LogP contribution in [0.15, 0.2) is 36.4 Å². The second-order valence-electron chi connectivity index (χ2n) is 7.26. The first kappa shape index (κ1) is 17.3. The molecule has 1 fully saturated rings. The third kappa shape index (κ3) is 3.84. The normalized spacial score (nSPS) is 15.3. The highest BCUT2D eigenvalue weighted by atomic mass is 35.5. The maximum atomic E-state index is 6.35. The molecule has 1 saturated carbocycles. The molecule has 1 atom stereocenters. The molecule has 4 rings (SSSR count). The Labute approximate surface area is 158 Å². The second-order valence-corrected chi connectivity index (χ2v) is 7.60. The van der Waals surface area contributed by atoms with Crippen LogP contribution < -0.4 is 11.1 Å². The van der Waals surface area contributed by atoms with Crippen molar-refractivity contribution in [3.63, 3.8) is 0 Å². The summed E-state index contributed by atoms with van der Waals surface area (Å²) in [5.74, 6) is 1.58. The molecule has 0 aliphatic heterocycles. The summed E-state index contributed by atoms with van der Waals surface area (Å²) in [7, 11) is 0. The molecule has 2 aromatic heterocycles. The van der Waals surface area contributed by atoms with Crippen molar-refractivity contribution >= 4 is 22.9 Å². The standard InChI is InChI=1S/C20H24ClN5/c1-13-16(10-17(22)9-14-7-8-14)11-18-19(24-20(21)25-26(13)18)23-12-15-5-3-2-4-6-15/h2-6,11,14,17H,7-10,12,22H2,1H3,(H,23,24,25). The van der Waals surface area contributed by atoms with Crippen LogP contribution in [0.5, 0.6) is 0 Å². The minimum absolute atomic E-state index is 0.197. The van der Waals surface area contributed by atoms with E-state index >= 15 is 0 Å². The number of halogens is 1. The van der Waals surface area contributed by atoms with Gasteiger partial charge in [0.25, 0.3) is 0 Å². The van der Waals surface area contributed by atoms with E-state index in [0.717, 1.165) is 35.8 Å². The van der Waals surface area contributed by atoms with Crippen molar-refractivity contribution in [1.29, 1.82) is 0 Å². The molecular formula is C20H24ClN5. The van der Waals surface area contributed by atoms with Crippen molar-refractivity contribution in [2.45, 2.75) is 45.2 Å². The number of aromatic nitrogens is 3. The zero-order chi connectivity index (χ0) is 18.1. The fourth-order valence-corrected chi connectivity index (χ4v) is 3.63. The average Bonchev–Trinajstić information content (AvgIpc) is 3.39. The molecule has 0 amide bonds. The van der Waals surface area contributed by atoms with Gasteiger partial charge < -0.3 is 11.1 Å². The minimum atomic E-state index is 0.197. The number of nitrogens with two attached hydrogens (primary N) is 1. The second kappa shape index (κ2) is 7.25. The summed E-state index contributed by atoms with van der Waals surface area (Å²) in [6, 6.07) is 12.6. The first-order valence-corrected chi connectivity index (χ1v) is 9.56. The Bertz CT molecular complexity index is 901.